The number of methoxy groups -OCH3 is 1. The zero-order valence-corrected chi connectivity index (χ0v) is 11.7. The highest BCUT2D eigenvalue weighted by molar-refractivity contribution is 5.68. The molecule has 0 bridgehead atoms. The van der Waals surface area contributed by atoms with Crippen molar-refractivity contribution in [1.82, 2.24) is 9.78 Å². The van der Waals surface area contributed by atoms with Gasteiger partial charge in [0.1, 0.15) is 5.75 Å². The molecule has 5 nitrogen and oxygen atoms in total. The summed E-state index contributed by atoms with van der Waals surface area (Å²) >= 11 is 0. The molecule has 0 saturated carbocycles. The number of rotatable bonds is 3. The first-order valence-electron chi connectivity index (χ1n) is 6.16. The molecule has 102 valence electrons. The molecule has 0 atom stereocenters. The van der Waals surface area contributed by atoms with Crippen LogP contribution < -0.4 is 10.3 Å². The number of benzene rings is 1. The van der Waals surface area contributed by atoms with Gasteiger partial charge in [-0.25, -0.2) is 4.68 Å². The van der Waals surface area contributed by atoms with Crippen LogP contribution in [0.15, 0.2) is 29.1 Å². The van der Waals surface area contributed by atoms with Gasteiger partial charge in [-0.05, 0) is 25.1 Å². The second kappa shape index (κ2) is 5.57. The van der Waals surface area contributed by atoms with Crippen molar-refractivity contribution < 1.29 is 4.74 Å². The summed E-state index contributed by atoms with van der Waals surface area (Å²) in [5.41, 5.74) is 2.68. The fourth-order valence-electron chi connectivity index (χ4n) is 2.04. The predicted molar refractivity (Wildman–Crippen MR) is 75.5 cm³/mol. The van der Waals surface area contributed by atoms with E-state index in [9.17, 15) is 4.79 Å². The molecule has 0 spiro atoms. The third-order valence-corrected chi connectivity index (χ3v) is 3.04. The zero-order chi connectivity index (χ0) is 14.7. The molecule has 1 aromatic carbocycles. The summed E-state index contributed by atoms with van der Waals surface area (Å²) in [4.78, 5) is 11.9. The summed E-state index contributed by atoms with van der Waals surface area (Å²) in [6.07, 6.45) is 0.0658. The molecular weight excluding hydrogens is 254 g/mol. The van der Waals surface area contributed by atoms with E-state index in [2.05, 4.69) is 5.10 Å². The predicted octanol–water partition coefficient (Wildman–Crippen LogP) is 1.83. The number of nitriles is 1. The molecule has 0 fully saturated rings. The molecule has 20 heavy (non-hydrogen) atoms. The molecule has 0 saturated heterocycles. The average molecular weight is 269 g/mol. The minimum Gasteiger partial charge on any atom is -0.496 e. The first-order valence-corrected chi connectivity index (χ1v) is 6.16. The molecular formula is C15H15N3O2. The van der Waals surface area contributed by atoms with E-state index < -0.39 is 0 Å². The third-order valence-electron chi connectivity index (χ3n) is 3.04. The standard InChI is InChI=1S/C15H15N3O2/c1-10-4-5-14(20-3)12(8-10)13-9-11(6-7-16)15(19)18(2)17-13/h4-5,8-9H,6H2,1-3H3. The normalized spacial score (nSPS) is 10.1. The Morgan fingerprint density at radius 2 is 2.15 bits per heavy atom. The summed E-state index contributed by atoms with van der Waals surface area (Å²) in [5.74, 6) is 0.685. The van der Waals surface area contributed by atoms with Crippen molar-refractivity contribution in [2.75, 3.05) is 7.11 Å². The van der Waals surface area contributed by atoms with E-state index in [0.717, 1.165) is 11.1 Å². The van der Waals surface area contributed by atoms with Gasteiger partial charge in [0.2, 0.25) is 0 Å². The molecule has 0 N–H and O–H groups in total. The van der Waals surface area contributed by atoms with Crippen LogP contribution >= 0.6 is 0 Å². The summed E-state index contributed by atoms with van der Waals surface area (Å²) in [6, 6.07) is 9.41. The second-order valence-electron chi connectivity index (χ2n) is 4.52. The Morgan fingerprint density at radius 1 is 1.40 bits per heavy atom. The molecule has 0 aliphatic rings. The molecule has 0 radical (unpaired) electrons. The summed E-state index contributed by atoms with van der Waals surface area (Å²) in [7, 11) is 3.17. The van der Waals surface area contributed by atoms with Crippen molar-refractivity contribution >= 4 is 0 Å². The van der Waals surface area contributed by atoms with Crippen LogP contribution in [0.4, 0.5) is 0 Å². The highest BCUT2D eigenvalue weighted by atomic mass is 16.5. The maximum Gasteiger partial charge on any atom is 0.270 e. The van der Waals surface area contributed by atoms with Crippen LogP contribution in [0.1, 0.15) is 11.1 Å². The zero-order valence-electron chi connectivity index (χ0n) is 11.7. The summed E-state index contributed by atoms with van der Waals surface area (Å²) in [6.45, 7) is 1.97. The lowest BCUT2D eigenvalue weighted by Gasteiger charge is -2.10. The monoisotopic (exact) mass is 269 g/mol. The van der Waals surface area contributed by atoms with E-state index in [1.54, 1.807) is 20.2 Å². The lowest BCUT2D eigenvalue weighted by Crippen LogP contribution is -2.23. The van der Waals surface area contributed by atoms with Crippen LogP contribution in [0.25, 0.3) is 11.3 Å². The topological polar surface area (TPSA) is 67.9 Å². The molecule has 0 amide bonds. The maximum atomic E-state index is 11.9. The van der Waals surface area contributed by atoms with Gasteiger partial charge < -0.3 is 4.74 Å². The molecule has 2 rings (SSSR count). The molecule has 0 aliphatic heterocycles. The Balaban J connectivity index is 2.67. The molecule has 2 aromatic rings. The van der Waals surface area contributed by atoms with Gasteiger partial charge >= 0.3 is 0 Å². The minimum atomic E-state index is -0.248. The SMILES string of the molecule is COc1ccc(C)cc1-c1cc(CC#N)c(=O)n(C)n1. The van der Waals surface area contributed by atoms with Crippen LogP contribution in [0.5, 0.6) is 5.75 Å². The quantitative estimate of drug-likeness (QED) is 0.852. The molecule has 1 heterocycles. The van der Waals surface area contributed by atoms with E-state index in [-0.39, 0.29) is 12.0 Å². The van der Waals surface area contributed by atoms with Crippen molar-refractivity contribution in [3.63, 3.8) is 0 Å². The van der Waals surface area contributed by atoms with E-state index in [0.29, 0.717) is 17.0 Å². The van der Waals surface area contributed by atoms with E-state index in [1.807, 2.05) is 31.2 Å². The van der Waals surface area contributed by atoms with Crippen LogP contribution in [0, 0.1) is 18.3 Å². The molecule has 5 heteroatoms. The Morgan fingerprint density at radius 3 is 2.80 bits per heavy atom. The number of aromatic nitrogens is 2. The average Bonchev–Trinajstić information content (AvgIpc) is 2.43. The minimum absolute atomic E-state index is 0.0658. The maximum absolute atomic E-state index is 11.9. The summed E-state index contributed by atoms with van der Waals surface area (Å²) < 4.78 is 6.59. The van der Waals surface area contributed by atoms with Crippen LogP contribution in [-0.2, 0) is 13.5 Å². The fraction of sp³-hybridized carbons (Fsp3) is 0.267. The number of hydrogen-bond acceptors (Lipinski definition) is 4. The van der Waals surface area contributed by atoms with Gasteiger partial charge in [0.05, 0.1) is 25.3 Å². The van der Waals surface area contributed by atoms with Crippen molar-refractivity contribution in [3.8, 4) is 23.1 Å². The van der Waals surface area contributed by atoms with Gasteiger partial charge in [-0.3, -0.25) is 4.79 Å². The van der Waals surface area contributed by atoms with Crippen molar-refractivity contribution in [2.45, 2.75) is 13.3 Å². The van der Waals surface area contributed by atoms with Crippen LogP contribution in [0.2, 0.25) is 0 Å². The largest absolute Gasteiger partial charge is 0.496 e. The van der Waals surface area contributed by atoms with Crippen molar-refractivity contribution in [3.05, 3.63) is 45.7 Å². The first kappa shape index (κ1) is 13.8. The van der Waals surface area contributed by atoms with E-state index >= 15 is 0 Å². The van der Waals surface area contributed by atoms with Gasteiger partial charge in [-0.1, -0.05) is 11.6 Å². The number of ether oxygens (including phenoxy) is 1. The molecule has 0 unspecified atom stereocenters. The number of hydrogen-bond donors (Lipinski definition) is 0. The van der Waals surface area contributed by atoms with Crippen molar-refractivity contribution in [2.24, 2.45) is 7.05 Å². The fourth-order valence-corrected chi connectivity index (χ4v) is 2.04. The van der Waals surface area contributed by atoms with E-state index in [1.165, 1.54) is 4.68 Å². The number of aryl methyl sites for hydroxylation is 2. The highest BCUT2D eigenvalue weighted by Gasteiger charge is 2.12. The van der Waals surface area contributed by atoms with Gasteiger partial charge in [-0.2, -0.15) is 10.4 Å². The second-order valence-corrected chi connectivity index (χ2v) is 4.52. The highest BCUT2D eigenvalue weighted by Crippen LogP contribution is 2.29. The lowest BCUT2D eigenvalue weighted by molar-refractivity contribution is 0.416. The smallest absolute Gasteiger partial charge is 0.270 e. The Labute approximate surface area is 117 Å². The molecule has 1 aromatic heterocycles. The van der Waals surface area contributed by atoms with Crippen molar-refractivity contribution in [1.29, 1.82) is 5.26 Å². The van der Waals surface area contributed by atoms with Gasteiger partial charge in [0.25, 0.3) is 5.56 Å². The van der Waals surface area contributed by atoms with E-state index in [4.69, 9.17) is 10.00 Å². The van der Waals surface area contributed by atoms with Crippen LogP contribution in [-0.4, -0.2) is 16.9 Å². The Kier molecular flexibility index (Phi) is 3.85. The van der Waals surface area contributed by atoms with Crippen LogP contribution in [0.3, 0.4) is 0 Å². The lowest BCUT2D eigenvalue weighted by atomic mass is 10.1. The first-order chi connectivity index (χ1) is 9.56. The third kappa shape index (κ3) is 2.54. The molecule has 0 aliphatic carbocycles. The Bertz CT molecular complexity index is 742. The van der Waals surface area contributed by atoms with Gasteiger partial charge in [-0.15, -0.1) is 0 Å². The van der Waals surface area contributed by atoms with Gasteiger partial charge in [0.15, 0.2) is 0 Å². The summed E-state index contributed by atoms with van der Waals surface area (Å²) in [5, 5.41) is 13.0. The van der Waals surface area contributed by atoms with Gasteiger partial charge in [0, 0.05) is 18.2 Å². The Hall–Kier alpha value is -2.61. The number of nitrogens with zero attached hydrogens (tertiary/aromatic N) is 3.